The average molecular weight is 289 g/mol. The van der Waals surface area contributed by atoms with Crippen molar-refractivity contribution in [3.8, 4) is 0 Å². The van der Waals surface area contributed by atoms with Gasteiger partial charge in [0.2, 0.25) is 5.89 Å². The summed E-state index contributed by atoms with van der Waals surface area (Å²) in [6.45, 7) is 4.02. The van der Waals surface area contributed by atoms with Crippen LogP contribution in [0.3, 0.4) is 0 Å². The zero-order valence-electron chi connectivity index (χ0n) is 12.2. The number of rotatable bonds is 5. The predicted octanol–water partition coefficient (Wildman–Crippen LogP) is 2.83. The first-order valence-corrected chi connectivity index (χ1v) is 7.51. The fourth-order valence-corrected chi connectivity index (χ4v) is 3.08. The maximum Gasteiger partial charge on any atom is 0.234 e. The molecule has 1 aliphatic heterocycles. The Labute approximate surface area is 123 Å². The molecule has 1 aliphatic rings. The molecule has 1 aromatic heterocycles. The van der Waals surface area contributed by atoms with Crippen LogP contribution in [0, 0.1) is 5.82 Å². The van der Waals surface area contributed by atoms with Crippen LogP contribution in [-0.2, 0) is 11.8 Å². The van der Waals surface area contributed by atoms with Gasteiger partial charge < -0.3 is 9.84 Å². The van der Waals surface area contributed by atoms with Crippen LogP contribution >= 0.6 is 0 Å². The lowest BCUT2D eigenvalue weighted by Crippen LogP contribution is -2.29. The smallest absolute Gasteiger partial charge is 0.234 e. The van der Waals surface area contributed by atoms with Gasteiger partial charge in [0.25, 0.3) is 0 Å². The molecule has 112 valence electrons. The standard InChI is InChI=1S/C16H20FN3O/c1-2-7-16(8-9-18-11-16)15-19-14(20-21-15)10-12-5-3-4-6-13(12)17/h3-6,18H,2,7-11H2,1H3. The van der Waals surface area contributed by atoms with Crippen molar-refractivity contribution in [3.05, 3.63) is 47.4 Å². The Bertz CT molecular complexity index is 605. The highest BCUT2D eigenvalue weighted by atomic mass is 19.1. The van der Waals surface area contributed by atoms with E-state index >= 15 is 0 Å². The molecule has 0 spiro atoms. The number of aromatic nitrogens is 2. The van der Waals surface area contributed by atoms with Gasteiger partial charge in [-0.2, -0.15) is 4.98 Å². The van der Waals surface area contributed by atoms with E-state index in [4.69, 9.17) is 4.52 Å². The minimum atomic E-state index is -0.227. The third-order valence-electron chi connectivity index (χ3n) is 4.20. The van der Waals surface area contributed by atoms with Crippen LogP contribution in [0.1, 0.15) is 43.5 Å². The van der Waals surface area contributed by atoms with Gasteiger partial charge in [0.05, 0.1) is 5.41 Å². The van der Waals surface area contributed by atoms with Gasteiger partial charge >= 0.3 is 0 Å². The summed E-state index contributed by atoms with van der Waals surface area (Å²) in [5.74, 6) is 1.02. The van der Waals surface area contributed by atoms with Gasteiger partial charge in [0, 0.05) is 13.0 Å². The molecule has 5 heteroatoms. The van der Waals surface area contributed by atoms with Crippen LogP contribution in [0.4, 0.5) is 4.39 Å². The van der Waals surface area contributed by atoms with Crippen molar-refractivity contribution < 1.29 is 8.91 Å². The summed E-state index contributed by atoms with van der Waals surface area (Å²) in [5.41, 5.74) is 0.550. The van der Waals surface area contributed by atoms with Gasteiger partial charge in [-0.3, -0.25) is 0 Å². The average Bonchev–Trinajstić information content (AvgIpc) is 3.12. The SMILES string of the molecule is CCCC1(c2nc(Cc3ccccc3F)no2)CCNC1. The first-order chi connectivity index (χ1) is 10.2. The number of halogens is 1. The topological polar surface area (TPSA) is 51.0 Å². The van der Waals surface area contributed by atoms with E-state index in [2.05, 4.69) is 22.4 Å². The second kappa shape index (κ2) is 5.93. The second-order valence-electron chi connectivity index (χ2n) is 5.74. The number of nitrogens with zero attached hydrogens (tertiary/aromatic N) is 2. The molecule has 4 nitrogen and oxygen atoms in total. The van der Waals surface area contributed by atoms with Crippen LogP contribution in [0.5, 0.6) is 0 Å². The van der Waals surface area contributed by atoms with E-state index in [1.807, 2.05) is 6.07 Å². The Morgan fingerprint density at radius 1 is 1.38 bits per heavy atom. The largest absolute Gasteiger partial charge is 0.339 e. The van der Waals surface area contributed by atoms with Crippen molar-refractivity contribution in [1.29, 1.82) is 0 Å². The summed E-state index contributed by atoms with van der Waals surface area (Å²) in [6, 6.07) is 6.71. The van der Waals surface area contributed by atoms with Crippen molar-refractivity contribution in [2.45, 2.75) is 38.0 Å². The van der Waals surface area contributed by atoms with Crippen molar-refractivity contribution in [2.24, 2.45) is 0 Å². The molecule has 1 fully saturated rings. The number of hydrogen-bond donors (Lipinski definition) is 1. The molecule has 2 heterocycles. The first kappa shape index (κ1) is 14.2. The molecule has 1 aromatic carbocycles. The molecule has 1 unspecified atom stereocenters. The van der Waals surface area contributed by atoms with Crippen LogP contribution in [0.15, 0.2) is 28.8 Å². The van der Waals surface area contributed by atoms with Crippen LogP contribution in [0.2, 0.25) is 0 Å². The molecule has 0 saturated carbocycles. The maximum absolute atomic E-state index is 13.7. The van der Waals surface area contributed by atoms with E-state index in [9.17, 15) is 4.39 Å². The predicted molar refractivity (Wildman–Crippen MR) is 77.6 cm³/mol. The van der Waals surface area contributed by atoms with Gasteiger partial charge in [0.1, 0.15) is 5.82 Å². The molecule has 0 aliphatic carbocycles. The third kappa shape index (κ3) is 2.83. The zero-order valence-corrected chi connectivity index (χ0v) is 12.2. The Morgan fingerprint density at radius 3 is 2.95 bits per heavy atom. The quantitative estimate of drug-likeness (QED) is 0.919. The third-order valence-corrected chi connectivity index (χ3v) is 4.20. The summed E-state index contributed by atoms with van der Waals surface area (Å²) < 4.78 is 19.2. The van der Waals surface area contributed by atoms with Crippen LogP contribution < -0.4 is 5.32 Å². The summed E-state index contributed by atoms with van der Waals surface area (Å²) in [7, 11) is 0. The summed E-state index contributed by atoms with van der Waals surface area (Å²) in [4.78, 5) is 4.53. The number of hydrogen-bond acceptors (Lipinski definition) is 4. The van der Waals surface area contributed by atoms with E-state index in [1.54, 1.807) is 12.1 Å². The molecule has 3 rings (SSSR count). The Hall–Kier alpha value is -1.75. The summed E-state index contributed by atoms with van der Waals surface area (Å²) in [5, 5.41) is 7.42. The van der Waals surface area contributed by atoms with Gasteiger partial charge in [-0.15, -0.1) is 0 Å². The van der Waals surface area contributed by atoms with Crippen LogP contribution in [0.25, 0.3) is 0 Å². The second-order valence-corrected chi connectivity index (χ2v) is 5.74. The zero-order chi connectivity index (χ0) is 14.7. The van der Waals surface area contributed by atoms with Gasteiger partial charge in [-0.1, -0.05) is 36.7 Å². The molecule has 0 bridgehead atoms. The lowest BCUT2D eigenvalue weighted by Gasteiger charge is -2.22. The van der Waals surface area contributed by atoms with Crippen molar-refractivity contribution in [2.75, 3.05) is 13.1 Å². The lowest BCUT2D eigenvalue weighted by atomic mass is 9.82. The molecular weight excluding hydrogens is 269 g/mol. The maximum atomic E-state index is 13.7. The molecule has 1 atom stereocenters. The number of benzene rings is 1. The molecule has 0 radical (unpaired) electrons. The first-order valence-electron chi connectivity index (χ1n) is 7.51. The molecular formula is C16H20FN3O. The number of nitrogens with one attached hydrogen (secondary N) is 1. The lowest BCUT2D eigenvalue weighted by molar-refractivity contribution is 0.276. The summed E-state index contributed by atoms with van der Waals surface area (Å²) >= 11 is 0. The van der Waals surface area contributed by atoms with Crippen molar-refractivity contribution in [1.82, 2.24) is 15.5 Å². The van der Waals surface area contributed by atoms with Crippen molar-refractivity contribution in [3.63, 3.8) is 0 Å². The van der Waals surface area contributed by atoms with Gasteiger partial charge in [0.15, 0.2) is 5.82 Å². The molecule has 1 saturated heterocycles. The van der Waals surface area contributed by atoms with Gasteiger partial charge in [-0.25, -0.2) is 4.39 Å². The van der Waals surface area contributed by atoms with Crippen LogP contribution in [-0.4, -0.2) is 23.2 Å². The monoisotopic (exact) mass is 289 g/mol. The van der Waals surface area contributed by atoms with E-state index < -0.39 is 0 Å². The fraction of sp³-hybridized carbons (Fsp3) is 0.500. The summed E-state index contributed by atoms with van der Waals surface area (Å²) in [6.07, 6.45) is 3.49. The minimum absolute atomic E-state index is 0.0464. The Balaban J connectivity index is 1.81. The van der Waals surface area contributed by atoms with Crippen molar-refractivity contribution >= 4 is 0 Å². The molecule has 0 amide bonds. The Kier molecular flexibility index (Phi) is 4.01. The molecule has 1 N–H and O–H groups in total. The highest BCUT2D eigenvalue weighted by molar-refractivity contribution is 5.21. The van der Waals surface area contributed by atoms with E-state index in [0.29, 0.717) is 23.7 Å². The van der Waals surface area contributed by atoms with Gasteiger partial charge in [-0.05, 0) is 31.0 Å². The van der Waals surface area contributed by atoms with E-state index in [-0.39, 0.29) is 11.2 Å². The molecule has 21 heavy (non-hydrogen) atoms. The highest BCUT2D eigenvalue weighted by Gasteiger charge is 2.40. The van der Waals surface area contributed by atoms with E-state index in [0.717, 1.165) is 32.4 Å². The van der Waals surface area contributed by atoms with E-state index in [1.165, 1.54) is 6.07 Å². The normalized spacial score (nSPS) is 21.8. The Morgan fingerprint density at radius 2 is 2.24 bits per heavy atom. The molecule has 2 aromatic rings. The minimum Gasteiger partial charge on any atom is -0.339 e. The fourth-order valence-electron chi connectivity index (χ4n) is 3.08. The highest BCUT2D eigenvalue weighted by Crippen LogP contribution is 2.34.